The van der Waals surface area contributed by atoms with E-state index in [1.807, 2.05) is 48.5 Å². The van der Waals surface area contributed by atoms with Gasteiger partial charge in [0.1, 0.15) is 32.3 Å². The van der Waals surface area contributed by atoms with E-state index in [9.17, 15) is 75.4 Å². The van der Waals surface area contributed by atoms with Crippen LogP contribution in [0.2, 0.25) is 0 Å². The van der Waals surface area contributed by atoms with Crippen molar-refractivity contribution in [1.82, 2.24) is 0 Å². The molecule has 0 spiro atoms. The molecule has 0 amide bonds. The number of methoxy groups -OCH3 is 1. The third-order valence-electron chi connectivity index (χ3n) is 21.9. The van der Waals surface area contributed by atoms with E-state index < -0.39 is 94.0 Å². The summed E-state index contributed by atoms with van der Waals surface area (Å²) >= 11 is 0. The van der Waals surface area contributed by atoms with Crippen molar-refractivity contribution >= 4 is 59.9 Å². The first-order valence-corrected chi connectivity index (χ1v) is 46.3. The number of alkyl halides is 4. The van der Waals surface area contributed by atoms with E-state index in [1.165, 1.54) is 113 Å². The quantitative estimate of drug-likeness (QED) is 0.0101. The maximum absolute atomic E-state index is 13.6. The average molecular weight is 1790 g/mol. The number of hydrogen-bond acceptors (Lipinski definition) is 15. The molecule has 15 nitrogen and oxygen atoms in total. The number of benzene rings is 9. The van der Waals surface area contributed by atoms with Crippen molar-refractivity contribution in [3.63, 3.8) is 0 Å². The molecule has 1 N–H and O–H groups in total. The molecule has 3 fully saturated rings. The zero-order chi connectivity index (χ0) is 91.1. The minimum absolute atomic E-state index is 0.0146. The molecule has 9 aromatic carbocycles. The highest BCUT2D eigenvalue weighted by Gasteiger charge is 2.68. The van der Waals surface area contributed by atoms with Gasteiger partial charge >= 0.3 is 29.1 Å². The fourth-order valence-corrected chi connectivity index (χ4v) is 18.4. The zero-order valence-corrected chi connectivity index (χ0v) is 75.1. The molecule has 9 aromatic rings. The number of hydrogen-bond donors (Lipinski definition) is 1. The molecule has 0 radical (unpaired) electrons. The minimum Gasteiger partial charge on any atom is -0.744 e. The van der Waals surface area contributed by atoms with Crippen molar-refractivity contribution in [1.29, 1.82) is 0 Å². The van der Waals surface area contributed by atoms with Crippen LogP contribution in [0.3, 0.4) is 0 Å². The highest BCUT2D eigenvalue weighted by molar-refractivity contribution is 7.97. The lowest BCUT2D eigenvalue weighted by molar-refractivity contribution is -0.202. The second kappa shape index (κ2) is 47.8. The van der Waals surface area contributed by atoms with Gasteiger partial charge in [-0.05, 0) is 238 Å². The summed E-state index contributed by atoms with van der Waals surface area (Å²) in [6.45, 7) is 22.9. The molecule has 0 heterocycles. The Morgan fingerprint density at radius 1 is 0.480 bits per heavy atom. The second-order valence-electron chi connectivity index (χ2n) is 31.9. The van der Waals surface area contributed by atoms with Gasteiger partial charge in [0.05, 0.1) is 51.8 Å². The maximum Gasteiger partial charge on any atom is 0.396 e. The van der Waals surface area contributed by atoms with E-state index in [0.29, 0.717) is 30.9 Å². The molecule has 3 aliphatic carbocycles. The van der Waals surface area contributed by atoms with Gasteiger partial charge in [0, 0.05) is 5.92 Å². The lowest BCUT2D eigenvalue weighted by Gasteiger charge is -2.36. The third kappa shape index (κ3) is 30.1. The standard InChI is InChI=1S/C20H32O2.2C18H15S.C12H12F4O5S.C12H16O3.C9H12F4O3S.C7H14O2/c1-4-16(2)19-10-12-20(13-11-19)22-17(3)21-15-14-18-8-6-5-7-9-18;2*1-4-10-16(11-5-1)19(17-12-6-2-7-13-17)18-14-8-3-9-15-18;1-4-12(2,3)11(17)21-9-5(13)7(15)10(22(18,19)20)8(16)6(9)14;1-4-12(2,3)11(14)15-10-7-5-9(13)6-8-10;10-8(11,9(12,13)17(14,15)16)7-4-5-1-2-6(7)3-5;1-5-7(2,3)6(8)9-4/h10-13,16-18H,4-9,14-15H2,1-3H3;2*1-15H;4H2,1-3H3,(H,18,19,20);5-8,13H,4H2,1-3H3;5-7H,1-4H2,(H,14,15,16);5H2,1-4H3/q;2*+1;;;;/p-2. The summed E-state index contributed by atoms with van der Waals surface area (Å²) in [6.07, 6.45) is 12.3. The molecule has 123 heavy (non-hydrogen) atoms. The Labute approximate surface area is 726 Å². The van der Waals surface area contributed by atoms with Crippen molar-refractivity contribution in [3.05, 3.63) is 259 Å². The predicted octanol–water partition coefficient (Wildman–Crippen LogP) is 24.5. The van der Waals surface area contributed by atoms with Gasteiger partial charge in [-0.2, -0.15) is 26.3 Å². The summed E-state index contributed by atoms with van der Waals surface area (Å²) in [4.78, 5) is 40.1. The molecule has 5 atom stereocenters. The number of carbonyl (C=O) groups is 3. The lowest BCUT2D eigenvalue weighted by atomic mass is 9.84. The van der Waals surface area contributed by atoms with E-state index in [2.05, 4.69) is 230 Å². The van der Waals surface area contributed by atoms with Crippen LogP contribution < -0.4 is 14.2 Å². The Hall–Kier alpha value is -9.09. The first kappa shape index (κ1) is 103. The van der Waals surface area contributed by atoms with Crippen molar-refractivity contribution in [2.24, 2.45) is 39.9 Å². The van der Waals surface area contributed by atoms with E-state index in [-0.39, 0.29) is 69.9 Å². The van der Waals surface area contributed by atoms with Gasteiger partial charge in [-0.15, -0.1) is 0 Å². The molecule has 0 aliphatic heterocycles. The van der Waals surface area contributed by atoms with Crippen LogP contribution in [0.4, 0.5) is 35.1 Å². The number of fused-ring (bicyclic) bond motifs is 2. The first-order chi connectivity index (χ1) is 58.0. The number of phenols is 1. The Morgan fingerprint density at radius 3 is 1.16 bits per heavy atom. The van der Waals surface area contributed by atoms with Crippen LogP contribution >= 0.6 is 0 Å². The molecule has 27 heteroatoms. The van der Waals surface area contributed by atoms with E-state index >= 15 is 0 Å². The SMILES string of the molecule is CCC(C)(C)C(=O)OC.CCC(C)(C)C(=O)Oc1c(F)c(F)c(S(=O)(=O)[O-])c(F)c1F.CCC(C)(C)C(=O)Oc1ccc(O)cc1.CCC(C)c1ccc(OC(C)OCCC2CCCCC2)cc1.O=S(=O)([O-])C(F)(F)C(F)(F)C1CC2CCC1C2.c1ccc([S+](c2ccccc2)c2ccccc2)cc1.c1ccc([S+](c2ccccc2)c2ccccc2)cc1. The van der Waals surface area contributed by atoms with Crippen LogP contribution in [0, 0.1) is 63.2 Å². The maximum atomic E-state index is 13.6. The molecule has 0 saturated heterocycles. The predicted molar refractivity (Wildman–Crippen MR) is 462 cm³/mol. The summed E-state index contributed by atoms with van der Waals surface area (Å²) in [5.41, 5.74) is -0.623. The lowest BCUT2D eigenvalue weighted by Crippen LogP contribution is -2.52. The van der Waals surface area contributed by atoms with Gasteiger partial charge in [-0.25, -0.2) is 25.6 Å². The first-order valence-electron chi connectivity index (χ1n) is 41.0. The summed E-state index contributed by atoms with van der Waals surface area (Å²) in [7, 11) is -10.8. The summed E-state index contributed by atoms with van der Waals surface area (Å²) < 4.78 is 196. The molecule has 3 aliphatic rings. The summed E-state index contributed by atoms with van der Waals surface area (Å²) in [6, 6.07) is 78.9. The number of carbonyl (C=O) groups excluding carboxylic acids is 3. The fraction of sp³-hybridized carbons (Fsp3) is 0.406. The van der Waals surface area contributed by atoms with Gasteiger partial charge < -0.3 is 37.9 Å². The molecule has 3 saturated carbocycles. The van der Waals surface area contributed by atoms with Gasteiger partial charge in [0.2, 0.25) is 17.4 Å². The minimum atomic E-state index is -6.35. The number of phenolic OH excluding ortho intramolecular Hbond substituents is 1. The topological polar surface area (TPSA) is 232 Å². The Kier molecular flexibility index (Phi) is 40.0. The zero-order valence-electron chi connectivity index (χ0n) is 71.8. The van der Waals surface area contributed by atoms with Gasteiger partial charge in [-0.1, -0.05) is 194 Å². The Morgan fingerprint density at radius 2 is 0.846 bits per heavy atom. The number of halogens is 8. The van der Waals surface area contributed by atoms with Crippen LogP contribution in [0.15, 0.2) is 265 Å². The second-order valence-corrected chi connectivity index (χ2v) is 38.7. The van der Waals surface area contributed by atoms with Crippen molar-refractivity contribution in [2.45, 2.75) is 231 Å². The van der Waals surface area contributed by atoms with Gasteiger partial charge in [0.25, 0.3) is 0 Å². The van der Waals surface area contributed by atoms with Crippen LogP contribution in [0.5, 0.6) is 23.0 Å². The normalized spacial score (nSPS) is 15.8. The highest BCUT2D eigenvalue weighted by atomic mass is 32.2. The molecule has 5 unspecified atom stereocenters. The average Bonchev–Trinajstić information content (AvgIpc) is 1.64. The van der Waals surface area contributed by atoms with E-state index in [0.717, 1.165) is 31.1 Å². The van der Waals surface area contributed by atoms with E-state index in [4.69, 9.17) is 19.3 Å². The van der Waals surface area contributed by atoms with Crippen LogP contribution in [0.25, 0.3) is 0 Å². The van der Waals surface area contributed by atoms with Crippen molar-refractivity contribution in [2.75, 3.05) is 13.7 Å². The smallest absolute Gasteiger partial charge is 0.396 e. The largest absolute Gasteiger partial charge is 0.744 e. The Balaban J connectivity index is 0.000000225. The summed E-state index contributed by atoms with van der Waals surface area (Å²) in [5.74, 6) is -16.9. The van der Waals surface area contributed by atoms with E-state index in [1.54, 1.807) is 19.1 Å². The number of aromatic hydroxyl groups is 1. The van der Waals surface area contributed by atoms with Gasteiger partial charge in [0.15, 0.2) is 57.4 Å². The molecule has 2 bridgehead atoms. The number of ether oxygens (including phenoxy) is 5. The van der Waals surface area contributed by atoms with Gasteiger partial charge in [-0.3, -0.25) is 14.4 Å². The number of esters is 3. The van der Waals surface area contributed by atoms with Crippen LogP contribution in [-0.4, -0.2) is 80.1 Å². The van der Waals surface area contributed by atoms with Crippen molar-refractivity contribution in [3.8, 4) is 23.0 Å². The molecule has 0 aromatic heterocycles. The number of rotatable bonds is 26. The molecular weight excluding hydrogens is 1670 g/mol. The van der Waals surface area contributed by atoms with Crippen molar-refractivity contribution < 1.29 is 104 Å². The third-order valence-corrected chi connectivity index (χ3v) is 28.1. The fourth-order valence-electron chi connectivity index (χ4n) is 13.0. The monoisotopic (exact) mass is 1790 g/mol. The molecule has 668 valence electrons. The highest BCUT2D eigenvalue weighted by Crippen LogP contribution is 2.58. The van der Waals surface area contributed by atoms with Crippen LogP contribution in [0.1, 0.15) is 184 Å². The summed E-state index contributed by atoms with van der Waals surface area (Å²) in [5, 5.41) is 3.54. The molecular formula is C96H114F8O15S4. The molecule has 12 rings (SSSR count). The Bertz CT molecular complexity index is 4610. The van der Waals surface area contributed by atoms with Crippen LogP contribution in [-0.2, 0) is 65.9 Å².